The van der Waals surface area contributed by atoms with Crippen molar-refractivity contribution in [2.24, 2.45) is 0 Å². The first-order chi connectivity index (χ1) is 7.55. The molecule has 0 aromatic carbocycles. The van der Waals surface area contributed by atoms with Gasteiger partial charge >= 0.3 is 0 Å². The lowest BCUT2D eigenvalue weighted by atomic mass is 9.98. The van der Waals surface area contributed by atoms with Crippen LogP contribution in [0.4, 0.5) is 0 Å². The first-order valence-electron chi connectivity index (χ1n) is 6.11. The minimum Gasteiger partial charge on any atom is -0.390 e. The molecule has 16 heavy (non-hydrogen) atoms. The molecular formula is C12H22BrNO2. The molecule has 0 radical (unpaired) electrons. The molecule has 0 saturated carbocycles. The molecule has 0 aromatic rings. The van der Waals surface area contributed by atoms with Gasteiger partial charge in [0.1, 0.15) is 0 Å². The summed E-state index contributed by atoms with van der Waals surface area (Å²) >= 11 is 3.36. The van der Waals surface area contributed by atoms with E-state index in [1.807, 2.05) is 11.8 Å². The molecule has 1 aliphatic heterocycles. The third kappa shape index (κ3) is 4.83. The van der Waals surface area contributed by atoms with E-state index in [9.17, 15) is 9.90 Å². The van der Waals surface area contributed by atoms with Crippen LogP contribution in [0, 0.1) is 0 Å². The van der Waals surface area contributed by atoms with Crippen LogP contribution in [0.5, 0.6) is 0 Å². The monoisotopic (exact) mass is 291 g/mol. The van der Waals surface area contributed by atoms with Crippen LogP contribution in [0.2, 0.25) is 0 Å². The predicted octanol–water partition coefficient (Wildman–Crippen LogP) is 2.32. The quantitative estimate of drug-likeness (QED) is 0.638. The first kappa shape index (κ1) is 14.0. The van der Waals surface area contributed by atoms with Crippen LogP contribution in [0.3, 0.4) is 0 Å². The zero-order chi connectivity index (χ0) is 12.0. The smallest absolute Gasteiger partial charge is 0.222 e. The Labute approximate surface area is 106 Å². The standard InChI is InChI=1S/C12H22BrNO2/c1-12(16)6-4-9-14(10-7-12)11(15)5-2-3-8-13/h16H,2-10H2,1H3. The van der Waals surface area contributed by atoms with Crippen molar-refractivity contribution in [3.05, 3.63) is 0 Å². The molecule has 1 aliphatic rings. The largest absolute Gasteiger partial charge is 0.390 e. The molecular weight excluding hydrogens is 270 g/mol. The van der Waals surface area contributed by atoms with Crippen LogP contribution in [-0.4, -0.2) is 39.9 Å². The Bertz CT molecular complexity index is 231. The van der Waals surface area contributed by atoms with Gasteiger partial charge in [-0.3, -0.25) is 4.79 Å². The Morgan fingerprint density at radius 1 is 1.38 bits per heavy atom. The van der Waals surface area contributed by atoms with Crippen molar-refractivity contribution in [2.45, 2.75) is 51.0 Å². The zero-order valence-corrected chi connectivity index (χ0v) is 11.6. The molecule has 1 heterocycles. The van der Waals surface area contributed by atoms with Gasteiger partial charge in [-0.25, -0.2) is 0 Å². The molecule has 1 N–H and O–H groups in total. The molecule has 0 aromatic heterocycles. The Kier molecular flexibility index (Phi) is 5.76. The summed E-state index contributed by atoms with van der Waals surface area (Å²) < 4.78 is 0. The van der Waals surface area contributed by atoms with Crippen molar-refractivity contribution in [3.63, 3.8) is 0 Å². The van der Waals surface area contributed by atoms with Crippen LogP contribution in [-0.2, 0) is 4.79 Å². The number of aliphatic hydroxyl groups is 1. The second-order valence-corrected chi connectivity index (χ2v) is 5.67. The summed E-state index contributed by atoms with van der Waals surface area (Å²) in [5.41, 5.74) is -0.578. The van der Waals surface area contributed by atoms with Gasteiger partial charge in [0.25, 0.3) is 0 Å². The number of halogens is 1. The highest BCUT2D eigenvalue weighted by molar-refractivity contribution is 9.09. The molecule has 94 valence electrons. The summed E-state index contributed by atoms with van der Waals surface area (Å²) in [7, 11) is 0. The molecule has 1 fully saturated rings. The van der Waals surface area contributed by atoms with Crippen LogP contribution >= 0.6 is 15.9 Å². The minimum absolute atomic E-state index is 0.249. The molecule has 1 atom stereocenters. The van der Waals surface area contributed by atoms with Gasteiger partial charge in [-0.1, -0.05) is 15.9 Å². The van der Waals surface area contributed by atoms with E-state index in [0.717, 1.165) is 37.6 Å². The lowest BCUT2D eigenvalue weighted by molar-refractivity contribution is -0.131. The van der Waals surface area contributed by atoms with E-state index in [2.05, 4.69) is 15.9 Å². The first-order valence-corrected chi connectivity index (χ1v) is 7.23. The number of hydrogen-bond acceptors (Lipinski definition) is 2. The predicted molar refractivity (Wildman–Crippen MR) is 68.7 cm³/mol. The van der Waals surface area contributed by atoms with Gasteiger partial charge in [0.05, 0.1) is 5.60 Å². The van der Waals surface area contributed by atoms with Gasteiger partial charge in [-0.2, -0.15) is 0 Å². The van der Waals surface area contributed by atoms with Crippen molar-refractivity contribution < 1.29 is 9.90 Å². The Morgan fingerprint density at radius 2 is 2.12 bits per heavy atom. The fourth-order valence-electron chi connectivity index (χ4n) is 2.04. The van der Waals surface area contributed by atoms with Gasteiger partial charge < -0.3 is 10.0 Å². The Hall–Kier alpha value is -0.0900. The molecule has 0 bridgehead atoms. The summed E-state index contributed by atoms with van der Waals surface area (Å²) in [4.78, 5) is 13.8. The summed E-state index contributed by atoms with van der Waals surface area (Å²) in [5.74, 6) is 0.249. The number of hydrogen-bond donors (Lipinski definition) is 1. The number of carbonyl (C=O) groups is 1. The van der Waals surface area contributed by atoms with Gasteiger partial charge in [0.15, 0.2) is 0 Å². The molecule has 1 unspecified atom stereocenters. The average molecular weight is 292 g/mol. The van der Waals surface area contributed by atoms with Crippen molar-refractivity contribution in [1.29, 1.82) is 0 Å². The van der Waals surface area contributed by atoms with Crippen LogP contribution in [0.15, 0.2) is 0 Å². The topological polar surface area (TPSA) is 40.5 Å². The normalized spacial score (nSPS) is 26.6. The number of alkyl halides is 1. The number of carbonyl (C=O) groups excluding carboxylic acids is 1. The third-order valence-electron chi connectivity index (χ3n) is 3.19. The number of likely N-dealkylation sites (tertiary alicyclic amines) is 1. The fourth-order valence-corrected chi connectivity index (χ4v) is 2.44. The molecule has 4 heteroatoms. The summed E-state index contributed by atoms with van der Waals surface area (Å²) in [6.45, 7) is 3.38. The third-order valence-corrected chi connectivity index (χ3v) is 3.75. The zero-order valence-electron chi connectivity index (χ0n) is 10.0. The van der Waals surface area contributed by atoms with Crippen molar-refractivity contribution in [1.82, 2.24) is 4.90 Å². The lowest BCUT2D eigenvalue weighted by Crippen LogP contribution is -2.33. The summed E-state index contributed by atoms with van der Waals surface area (Å²) in [6, 6.07) is 0. The molecule has 0 aliphatic carbocycles. The second-order valence-electron chi connectivity index (χ2n) is 4.88. The molecule has 1 amide bonds. The second kappa shape index (κ2) is 6.60. The van der Waals surface area contributed by atoms with E-state index in [1.165, 1.54) is 0 Å². The lowest BCUT2D eigenvalue weighted by Gasteiger charge is -2.22. The number of amides is 1. The van der Waals surface area contributed by atoms with Gasteiger partial charge in [0.2, 0.25) is 5.91 Å². The molecule has 1 rings (SSSR count). The highest BCUT2D eigenvalue weighted by Gasteiger charge is 2.26. The van der Waals surface area contributed by atoms with Crippen molar-refractivity contribution in [3.8, 4) is 0 Å². The SMILES string of the molecule is CC1(O)CCCN(C(=O)CCCCBr)CC1. The van der Waals surface area contributed by atoms with Crippen LogP contribution in [0.25, 0.3) is 0 Å². The van der Waals surface area contributed by atoms with E-state index in [0.29, 0.717) is 19.4 Å². The maximum Gasteiger partial charge on any atom is 0.222 e. The van der Waals surface area contributed by atoms with E-state index < -0.39 is 5.60 Å². The van der Waals surface area contributed by atoms with E-state index in [1.54, 1.807) is 0 Å². The van der Waals surface area contributed by atoms with Crippen LogP contribution < -0.4 is 0 Å². The Morgan fingerprint density at radius 3 is 2.81 bits per heavy atom. The average Bonchev–Trinajstić information content (AvgIpc) is 2.39. The number of rotatable bonds is 4. The van der Waals surface area contributed by atoms with E-state index in [4.69, 9.17) is 0 Å². The highest BCUT2D eigenvalue weighted by Crippen LogP contribution is 2.21. The van der Waals surface area contributed by atoms with Crippen molar-refractivity contribution in [2.75, 3.05) is 18.4 Å². The van der Waals surface area contributed by atoms with E-state index in [-0.39, 0.29) is 5.91 Å². The molecule has 3 nitrogen and oxygen atoms in total. The molecule has 1 saturated heterocycles. The van der Waals surface area contributed by atoms with Gasteiger partial charge in [0, 0.05) is 24.8 Å². The maximum atomic E-state index is 11.9. The Balaban J connectivity index is 2.33. The summed E-state index contributed by atoms with van der Waals surface area (Å²) in [5, 5.41) is 10.9. The summed E-state index contributed by atoms with van der Waals surface area (Å²) in [6.07, 6.45) is 5.08. The number of nitrogens with zero attached hydrogens (tertiary/aromatic N) is 1. The van der Waals surface area contributed by atoms with Crippen LogP contribution in [0.1, 0.15) is 45.4 Å². The highest BCUT2D eigenvalue weighted by atomic mass is 79.9. The maximum absolute atomic E-state index is 11.9. The minimum atomic E-state index is -0.578. The molecule has 0 spiro atoms. The van der Waals surface area contributed by atoms with E-state index >= 15 is 0 Å². The van der Waals surface area contributed by atoms with Crippen molar-refractivity contribution >= 4 is 21.8 Å². The fraction of sp³-hybridized carbons (Fsp3) is 0.917. The number of unbranched alkanes of at least 4 members (excludes halogenated alkanes) is 1. The van der Waals surface area contributed by atoms with Gasteiger partial charge in [-0.15, -0.1) is 0 Å². The van der Waals surface area contributed by atoms with Gasteiger partial charge in [-0.05, 0) is 39.0 Å².